The number of piperidine rings is 1. The fourth-order valence-corrected chi connectivity index (χ4v) is 3.18. The molecule has 22 heavy (non-hydrogen) atoms. The van der Waals surface area contributed by atoms with Gasteiger partial charge in [-0.15, -0.1) is 0 Å². The number of hydrogen-bond acceptors (Lipinski definition) is 3. The number of amides is 2. The van der Waals surface area contributed by atoms with Gasteiger partial charge in [0.25, 0.3) is 5.91 Å². The number of carbonyl (C=O) groups is 2. The molecule has 0 spiro atoms. The van der Waals surface area contributed by atoms with Crippen molar-refractivity contribution in [1.82, 2.24) is 15.1 Å². The molecule has 0 radical (unpaired) electrons. The third kappa shape index (κ3) is 3.30. The Hall–Kier alpha value is -1.88. The predicted octanol–water partition coefficient (Wildman–Crippen LogP) is 1.11. The molecular formula is C17H23N3O2. The Morgan fingerprint density at radius 1 is 0.955 bits per heavy atom. The van der Waals surface area contributed by atoms with Crippen LogP contribution in [-0.2, 0) is 4.79 Å². The van der Waals surface area contributed by atoms with Gasteiger partial charge in [0.1, 0.15) is 0 Å². The van der Waals surface area contributed by atoms with Gasteiger partial charge in [0.2, 0.25) is 5.91 Å². The molecule has 0 aromatic heterocycles. The molecule has 1 aromatic rings. The summed E-state index contributed by atoms with van der Waals surface area (Å²) in [6.07, 6.45) is 3.21. The van der Waals surface area contributed by atoms with E-state index in [1.165, 1.54) is 0 Å². The minimum Gasteiger partial charge on any atom is -0.338 e. The summed E-state index contributed by atoms with van der Waals surface area (Å²) in [6, 6.07) is 9.32. The summed E-state index contributed by atoms with van der Waals surface area (Å²) in [4.78, 5) is 28.6. The molecule has 5 heteroatoms. The van der Waals surface area contributed by atoms with E-state index in [-0.39, 0.29) is 17.9 Å². The smallest absolute Gasteiger partial charge is 0.253 e. The van der Waals surface area contributed by atoms with E-state index in [1.54, 1.807) is 0 Å². The molecule has 2 aliphatic rings. The summed E-state index contributed by atoms with van der Waals surface area (Å²) in [5.74, 6) is 0.259. The van der Waals surface area contributed by atoms with Gasteiger partial charge in [0, 0.05) is 31.7 Å². The first-order valence-corrected chi connectivity index (χ1v) is 8.12. The van der Waals surface area contributed by atoms with Gasteiger partial charge in [-0.3, -0.25) is 9.59 Å². The highest BCUT2D eigenvalue weighted by atomic mass is 16.2. The quantitative estimate of drug-likeness (QED) is 0.890. The molecule has 0 aliphatic carbocycles. The molecule has 2 fully saturated rings. The fraction of sp³-hybridized carbons (Fsp3) is 0.529. The van der Waals surface area contributed by atoms with Gasteiger partial charge in [0.15, 0.2) is 0 Å². The molecule has 2 saturated heterocycles. The van der Waals surface area contributed by atoms with Crippen molar-refractivity contribution >= 4 is 11.8 Å². The van der Waals surface area contributed by atoms with E-state index in [0.717, 1.165) is 31.4 Å². The molecule has 0 unspecified atom stereocenters. The van der Waals surface area contributed by atoms with E-state index < -0.39 is 0 Å². The van der Waals surface area contributed by atoms with Crippen molar-refractivity contribution in [1.29, 1.82) is 0 Å². The second-order valence-corrected chi connectivity index (χ2v) is 5.99. The summed E-state index contributed by atoms with van der Waals surface area (Å²) in [7, 11) is 0. The predicted molar refractivity (Wildman–Crippen MR) is 84.6 cm³/mol. The zero-order chi connectivity index (χ0) is 15.4. The number of carbonyl (C=O) groups excluding carboxylic acids is 2. The van der Waals surface area contributed by atoms with Crippen LogP contribution in [0.1, 0.15) is 29.6 Å². The van der Waals surface area contributed by atoms with Crippen molar-refractivity contribution in [3.63, 3.8) is 0 Å². The maximum Gasteiger partial charge on any atom is 0.253 e. The first kappa shape index (κ1) is 15.0. The maximum absolute atomic E-state index is 12.5. The second kappa shape index (κ2) is 6.92. The van der Waals surface area contributed by atoms with Crippen LogP contribution in [0.2, 0.25) is 0 Å². The van der Waals surface area contributed by atoms with Crippen LogP contribution < -0.4 is 5.32 Å². The summed E-state index contributed by atoms with van der Waals surface area (Å²) in [5, 5.41) is 3.30. The van der Waals surface area contributed by atoms with Crippen LogP contribution in [0.4, 0.5) is 0 Å². The van der Waals surface area contributed by atoms with E-state index in [2.05, 4.69) is 5.32 Å². The highest BCUT2D eigenvalue weighted by Gasteiger charge is 2.29. The highest BCUT2D eigenvalue weighted by molar-refractivity contribution is 5.94. The van der Waals surface area contributed by atoms with Crippen LogP contribution in [-0.4, -0.2) is 60.4 Å². The van der Waals surface area contributed by atoms with Crippen LogP contribution in [0.15, 0.2) is 30.3 Å². The Labute approximate surface area is 131 Å². The molecule has 2 aliphatic heterocycles. The first-order chi connectivity index (χ1) is 10.8. The lowest BCUT2D eigenvalue weighted by Crippen LogP contribution is -2.55. The van der Waals surface area contributed by atoms with Crippen molar-refractivity contribution < 1.29 is 9.59 Å². The number of nitrogens with zero attached hydrogens (tertiary/aromatic N) is 2. The first-order valence-electron chi connectivity index (χ1n) is 8.12. The molecule has 1 aromatic carbocycles. The monoisotopic (exact) mass is 301 g/mol. The second-order valence-electron chi connectivity index (χ2n) is 5.99. The van der Waals surface area contributed by atoms with Crippen LogP contribution in [0, 0.1) is 0 Å². The number of rotatable bonds is 2. The summed E-state index contributed by atoms with van der Waals surface area (Å²) < 4.78 is 0. The van der Waals surface area contributed by atoms with Gasteiger partial charge in [-0.05, 0) is 31.5 Å². The Morgan fingerprint density at radius 3 is 2.27 bits per heavy atom. The molecule has 0 saturated carbocycles. The largest absolute Gasteiger partial charge is 0.338 e. The van der Waals surface area contributed by atoms with Crippen LogP contribution in [0.5, 0.6) is 0 Å². The van der Waals surface area contributed by atoms with Crippen LogP contribution in [0.25, 0.3) is 0 Å². The van der Waals surface area contributed by atoms with Crippen LogP contribution in [0.3, 0.4) is 0 Å². The summed E-state index contributed by atoms with van der Waals surface area (Å²) in [6.45, 7) is 3.44. The molecule has 3 rings (SSSR count). The third-order valence-electron chi connectivity index (χ3n) is 4.51. The number of benzene rings is 1. The highest BCUT2D eigenvalue weighted by Crippen LogP contribution is 2.13. The van der Waals surface area contributed by atoms with Crippen molar-refractivity contribution in [2.45, 2.75) is 25.3 Å². The average Bonchev–Trinajstić information content (AvgIpc) is 2.62. The van der Waals surface area contributed by atoms with Gasteiger partial charge in [-0.25, -0.2) is 0 Å². The SMILES string of the molecule is O=C(c1ccccc1)N1CCN(C(=O)[C@H]2CCCCN2)CC1. The average molecular weight is 301 g/mol. The van der Waals surface area contributed by atoms with Gasteiger partial charge in [0.05, 0.1) is 6.04 Å². The summed E-state index contributed by atoms with van der Waals surface area (Å²) in [5.41, 5.74) is 0.719. The van der Waals surface area contributed by atoms with E-state index in [0.29, 0.717) is 26.2 Å². The molecule has 2 amide bonds. The fourth-order valence-electron chi connectivity index (χ4n) is 3.18. The Balaban J connectivity index is 1.54. The summed E-state index contributed by atoms with van der Waals surface area (Å²) >= 11 is 0. The lowest BCUT2D eigenvalue weighted by atomic mass is 10.0. The molecule has 5 nitrogen and oxygen atoms in total. The van der Waals surface area contributed by atoms with Gasteiger partial charge < -0.3 is 15.1 Å². The van der Waals surface area contributed by atoms with Crippen molar-refractivity contribution in [2.75, 3.05) is 32.7 Å². The Morgan fingerprint density at radius 2 is 1.64 bits per heavy atom. The Bertz CT molecular complexity index is 518. The van der Waals surface area contributed by atoms with Gasteiger partial charge >= 0.3 is 0 Å². The molecule has 118 valence electrons. The van der Waals surface area contributed by atoms with Gasteiger partial charge in [-0.1, -0.05) is 24.6 Å². The zero-order valence-corrected chi connectivity index (χ0v) is 12.8. The van der Waals surface area contributed by atoms with E-state index in [4.69, 9.17) is 0 Å². The van der Waals surface area contributed by atoms with E-state index in [1.807, 2.05) is 40.1 Å². The van der Waals surface area contributed by atoms with E-state index >= 15 is 0 Å². The van der Waals surface area contributed by atoms with E-state index in [9.17, 15) is 9.59 Å². The van der Waals surface area contributed by atoms with Crippen molar-refractivity contribution in [3.05, 3.63) is 35.9 Å². The molecule has 1 N–H and O–H groups in total. The minimum absolute atomic E-state index is 0.0230. The molecule has 0 bridgehead atoms. The lowest BCUT2D eigenvalue weighted by Gasteiger charge is -2.37. The topological polar surface area (TPSA) is 52.7 Å². The number of nitrogens with one attached hydrogen (secondary N) is 1. The van der Waals surface area contributed by atoms with Crippen LogP contribution >= 0.6 is 0 Å². The Kier molecular flexibility index (Phi) is 4.73. The normalized spacial score (nSPS) is 22.5. The van der Waals surface area contributed by atoms with Gasteiger partial charge in [-0.2, -0.15) is 0 Å². The minimum atomic E-state index is -0.0230. The zero-order valence-electron chi connectivity index (χ0n) is 12.8. The standard InChI is InChI=1S/C17H23N3O2/c21-16(14-6-2-1-3-7-14)19-10-12-20(13-11-19)17(22)15-8-4-5-9-18-15/h1-3,6-7,15,18H,4-5,8-13H2/t15-/m1/s1. The number of hydrogen-bond donors (Lipinski definition) is 1. The maximum atomic E-state index is 12.5. The number of piperazine rings is 1. The third-order valence-corrected chi connectivity index (χ3v) is 4.51. The molecule has 2 heterocycles. The molecule has 1 atom stereocenters. The van der Waals surface area contributed by atoms with Crippen molar-refractivity contribution in [2.24, 2.45) is 0 Å². The lowest BCUT2D eigenvalue weighted by molar-refractivity contribution is -0.135. The van der Waals surface area contributed by atoms with Crippen molar-refractivity contribution in [3.8, 4) is 0 Å². The molecular weight excluding hydrogens is 278 g/mol.